The van der Waals surface area contributed by atoms with Gasteiger partial charge in [-0.2, -0.15) is 0 Å². The van der Waals surface area contributed by atoms with Gasteiger partial charge in [-0.05, 0) is 31.2 Å². The Bertz CT molecular complexity index is 554. The molecule has 0 aliphatic rings. The lowest BCUT2D eigenvalue weighted by molar-refractivity contribution is 0.102. The molecule has 0 saturated heterocycles. The molecule has 0 bridgehead atoms. The molecule has 5 nitrogen and oxygen atoms in total. The Kier molecular flexibility index (Phi) is 3.54. The van der Waals surface area contributed by atoms with Crippen molar-refractivity contribution in [2.75, 3.05) is 10.7 Å². The summed E-state index contributed by atoms with van der Waals surface area (Å²) in [5.41, 5.74) is 4.56. The molecule has 0 radical (unpaired) electrons. The van der Waals surface area contributed by atoms with Crippen LogP contribution in [0.2, 0.25) is 0 Å². The van der Waals surface area contributed by atoms with Crippen LogP contribution < -0.4 is 16.6 Å². The Hall–Kier alpha value is -2.40. The predicted molar refractivity (Wildman–Crippen MR) is 71.2 cm³/mol. The van der Waals surface area contributed by atoms with E-state index in [1.54, 1.807) is 36.5 Å². The van der Waals surface area contributed by atoms with Crippen LogP contribution in [0, 0.1) is 6.92 Å². The summed E-state index contributed by atoms with van der Waals surface area (Å²) in [6, 6.07) is 10.7. The summed E-state index contributed by atoms with van der Waals surface area (Å²) in [5.74, 6) is 5.65. The second-order valence-corrected chi connectivity index (χ2v) is 3.86. The van der Waals surface area contributed by atoms with Crippen molar-refractivity contribution < 1.29 is 4.79 Å². The molecule has 0 aliphatic carbocycles. The molecule has 1 amide bonds. The molecular weight excluding hydrogens is 228 g/mol. The summed E-state index contributed by atoms with van der Waals surface area (Å²) in [6.45, 7) is 1.91. The molecule has 4 N–H and O–H groups in total. The van der Waals surface area contributed by atoms with Gasteiger partial charge < -0.3 is 10.7 Å². The molecule has 92 valence electrons. The third-order valence-electron chi connectivity index (χ3n) is 2.48. The van der Waals surface area contributed by atoms with Gasteiger partial charge in [0.25, 0.3) is 5.91 Å². The van der Waals surface area contributed by atoms with E-state index in [4.69, 9.17) is 5.84 Å². The van der Waals surface area contributed by atoms with Gasteiger partial charge in [-0.1, -0.05) is 17.7 Å². The van der Waals surface area contributed by atoms with Gasteiger partial charge in [-0.15, -0.1) is 0 Å². The van der Waals surface area contributed by atoms with Crippen LogP contribution in [0.1, 0.15) is 15.9 Å². The zero-order chi connectivity index (χ0) is 13.0. The monoisotopic (exact) mass is 242 g/mol. The predicted octanol–water partition coefficient (Wildman–Crippen LogP) is 1.93. The molecule has 0 unspecified atom stereocenters. The summed E-state index contributed by atoms with van der Waals surface area (Å²) < 4.78 is 0. The van der Waals surface area contributed by atoms with Gasteiger partial charge in [0.05, 0.1) is 11.3 Å². The van der Waals surface area contributed by atoms with E-state index in [9.17, 15) is 4.79 Å². The van der Waals surface area contributed by atoms with Crippen LogP contribution in [0.5, 0.6) is 0 Å². The normalized spacial score (nSPS) is 9.89. The molecule has 5 heteroatoms. The topological polar surface area (TPSA) is 80.0 Å². The van der Waals surface area contributed by atoms with E-state index in [0.717, 1.165) is 5.56 Å². The van der Waals surface area contributed by atoms with Crippen LogP contribution >= 0.6 is 0 Å². The van der Waals surface area contributed by atoms with Crippen LogP contribution in [-0.4, -0.2) is 10.9 Å². The number of amides is 1. The standard InChI is InChI=1S/C13H14N4O/c1-9-5-6-11(17-14)10(8-9)13(18)16-12-4-2-3-7-15-12/h2-8,17H,14H2,1H3,(H,15,16,18). The maximum atomic E-state index is 12.1. The maximum Gasteiger partial charge on any atom is 0.258 e. The number of nitrogens with zero attached hydrogens (tertiary/aromatic N) is 1. The van der Waals surface area contributed by atoms with Crippen LogP contribution in [-0.2, 0) is 0 Å². The van der Waals surface area contributed by atoms with Crippen molar-refractivity contribution in [3.05, 3.63) is 53.7 Å². The molecular formula is C13H14N4O. The molecule has 18 heavy (non-hydrogen) atoms. The Morgan fingerprint density at radius 2 is 2.11 bits per heavy atom. The first-order valence-corrected chi connectivity index (χ1v) is 5.50. The van der Waals surface area contributed by atoms with Crippen molar-refractivity contribution in [3.8, 4) is 0 Å². The van der Waals surface area contributed by atoms with E-state index in [0.29, 0.717) is 17.1 Å². The van der Waals surface area contributed by atoms with E-state index < -0.39 is 0 Å². The smallest absolute Gasteiger partial charge is 0.258 e. The molecule has 1 aromatic carbocycles. The van der Waals surface area contributed by atoms with E-state index in [-0.39, 0.29) is 5.91 Å². The molecule has 0 fully saturated rings. The largest absolute Gasteiger partial charge is 0.323 e. The minimum Gasteiger partial charge on any atom is -0.323 e. The molecule has 2 aromatic rings. The van der Waals surface area contributed by atoms with Crippen molar-refractivity contribution in [1.82, 2.24) is 4.98 Å². The average molecular weight is 242 g/mol. The summed E-state index contributed by atoms with van der Waals surface area (Å²) >= 11 is 0. The Balaban J connectivity index is 2.26. The SMILES string of the molecule is Cc1ccc(NN)c(C(=O)Nc2ccccn2)c1. The second kappa shape index (κ2) is 5.29. The first-order chi connectivity index (χ1) is 8.70. The first-order valence-electron chi connectivity index (χ1n) is 5.50. The number of anilines is 2. The molecule has 1 heterocycles. The van der Waals surface area contributed by atoms with Crippen molar-refractivity contribution >= 4 is 17.4 Å². The highest BCUT2D eigenvalue weighted by atomic mass is 16.1. The van der Waals surface area contributed by atoms with Gasteiger partial charge in [0.1, 0.15) is 5.82 Å². The summed E-state index contributed by atoms with van der Waals surface area (Å²) in [6.07, 6.45) is 1.62. The van der Waals surface area contributed by atoms with E-state index in [1.807, 2.05) is 13.0 Å². The number of aryl methyl sites for hydroxylation is 1. The third-order valence-corrected chi connectivity index (χ3v) is 2.48. The summed E-state index contributed by atoms with van der Waals surface area (Å²) in [5, 5.41) is 2.71. The minimum absolute atomic E-state index is 0.245. The number of carbonyl (C=O) groups is 1. The Morgan fingerprint density at radius 3 is 2.78 bits per heavy atom. The van der Waals surface area contributed by atoms with Crippen LogP contribution in [0.4, 0.5) is 11.5 Å². The van der Waals surface area contributed by atoms with Crippen molar-refractivity contribution in [2.24, 2.45) is 5.84 Å². The van der Waals surface area contributed by atoms with Crippen molar-refractivity contribution in [1.29, 1.82) is 0 Å². The fraction of sp³-hybridized carbons (Fsp3) is 0.0769. The van der Waals surface area contributed by atoms with Crippen molar-refractivity contribution in [3.63, 3.8) is 0 Å². The van der Waals surface area contributed by atoms with Gasteiger partial charge >= 0.3 is 0 Å². The third kappa shape index (κ3) is 2.64. The summed E-state index contributed by atoms with van der Waals surface area (Å²) in [7, 11) is 0. The van der Waals surface area contributed by atoms with Gasteiger partial charge in [-0.25, -0.2) is 4.98 Å². The minimum atomic E-state index is -0.245. The molecule has 0 saturated carbocycles. The number of rotatable bonds is 3. The number of hydrazine groups is 1. The lowest BCUT2D eigenvalue weighted by atomic mass is 10.1. The zero-order valence-corrected chi connectivity index (χ0v) is 9.97. The van der Waals surface area contributed by atoms with E-state index >= 15 is 0 Å². The molecule has 0 aliphatic heterocycles. The molecule has 0 spiro atoms. The number of nitrogens with one attached hydrogen (secondary N) is 2. The first kappa shape index (κ1) is 12.1. The number of hydrogen-bond donors (Lipinski definition) is 3. The fourth-order valence-electron chi connectivity index (χ4n) is 1.59. The van der Waals surface area contributed by atoms with Gasteiger partial charge in [0, 0.05) is 6.20 Å². The van der Waals surface area contributed by atoms with Gasteiger partial charge in [0.2, 0.25) is 0 Å². The highest BCUT2D eigenvalue weighted by molar-refractivity contribution is 6.07. The fourth-order valence-corrected chi connectivity index (χ4v) is 1.59. The van der Waals surface area contributed by atoms with Gasteiger partial charge in [0.15, 0.2) is 0 Å². The molecule has 0 atom stereocenters. The molecule has 1 aromatic heterocycles. The van der Waals surface area contributed by atoms with E-state index in [2.05, 4.69) is 15.7 Å². The number of benzene rings is 1. The highest BCUT2D eigenvalue weighted by Gasteiger charge is 2.11. The number of hydrogen-bond acceptors (Lipinski definition) is 4. The number of carbonyl (C=O) groups excluding carboxylic acids is 1. The Labute approximate surface area is 105 Å². The van der Waals surface area contributed by atoms with E-state index in [1.165, 1.54) is 0 Å². The lowest BCUT2D eigenvalue weighted by Gasteiger charge is -2.10. The number of pyridine rings is 1. The van der Waals surface area contributed by atoms with Crippen LogP contribution in [0.15, 0.2) is 42.6 Å². The lowest BCUT2D eigenvalue weighted by Crippen LogP contribution is -2.17. The highest BCUT2D eigenvalue weighted by Crippen LogP contribution is 2.17. The molecule has 2 rings (SSSR count). The Morgan fingerprint density at radius 1 is 1.28 bits per heavy atom. The van der Waals surface area contributed by atoms with Gasteiger partial charge in [-0.3, -0.25) is 10.6 Å². The quantitative estimate of drug-likeness (QED) is 0.567. The maximum absolute atomic E-state index is 12.1. The zero-order valence-electron chi connectivity index (χ0n) is 9.97. The number of aromatic nitrogens is 1. The average Bonchev–Trinajstić information content (AvgIpc) is 2.40. The summed E-state index contributed by atoms with van der Waals surface area (Å²) in [4.78, 5) is 16.1. The number of nitrogens with two attached hydrogens (primary N) is 1. The van der Waals surface area contributed by atoms with Crippen LogP contribution in [0.25, 0.3) is 0 Å². The van der Waals surface area contributed by atoms with Crippen molar-refractivity contribution in [2.45, 2.75) is 6.92 Å². The van der Waals surface area contributed by atoms with Crippen LogP contribution in [0.3, 0.4) is 0 Å². The second-order valence-electron chi connectivity index (χ2n) is 3.86. The number of nitrogen functional groups attached to an aromatic ring is 1.